The molecule has 0 unspecified atom stereocenters. The molecule has 9 heteroatoms. The molecule has 0 fully saturated rings. The lowest BCUT2D eigenvalue weighted by Crippen LogP contribution is -2.09. The average Bonchev–Trinajstić information content (AvgIpc) is 3.00. The third-order valence-corrected chi connectivity index (χ3v) is 4.05. The number of nitrogens with zero attached hydrogens (tertiary/aromatic N) is 2. The highest BCUT2D eigenvalue weighted by molar-refractivity contribution is 7.15. The maximum Gasteiger partial charge on any atom is 0.414 e. The molecule has 6 nitrogen and oxygen atoms in total. The number of hydrogen-bond acceptors (Lipinski definition) is 5. The minimum atomic E-state index is -1.82. The van der Waals surface area contributed by atoms with Crippen LogP contribution in [0.1, 0.15) is 4.88 Å². The number of rotatable bonds is 2. The second kappa shape index (κ2) is 8.26. The van der Waals surface area contributed by atoms with Gasteiger partial charge in [0.1, 0.15) is 5.01 Å². The third kappa shape index (κ3) is 4.67. The van der Waals surface area contributed by atoms with E-state index < -0.39 is 23.6 Å². The molecule has 0 amide bonds. The van der Waals surface area contributed by atoms with Gasteiger partial charge in [-0.2, -0.15) is 0 Å². The largest absolute Gasteiger partial charge is 0.473 e. The number of pyridine rings is 1. The van der Waals surface area contributed by atoms with Gasteiger partial charge in [-0.1, -0.05) is 6.07 Å². The summed E-state index contributed by atoms with van der Waals surface area (Å²) < 4.78 is 26.3. The lowest BCUT2D eigenvalue weighted by atomic mass is 10.1. The molecule has 3 rings (SSSR count). The predicted molar refractivity (Wildman–Crippen MR) is 90.7 cm³/mol. The SMILES string of the molecule is Cc1sc(-c2ccccn2)nc1-c1ccc(F)c(F)c1.O=C(O)C(=O)O. The van der Waals surface area contributed by atoms with E-state index in [0.717, 1.165) is 21.6 Å². The van der Waals surface area contributed by atoms with E-state index in [0.29, 0.717) is 11.3 Å². The van der Waals surface area contributed by atoms with E-state index in [1.165, 1.54) is 23.5 Å². The van der Waals surface area contributed by atoms with Crippen LogP contribution in [-0.4, -0.2) is 32.1 Å². The summed E-state index contributed by atoms with van der Waals surface area (Å²) in [4.78, 5) is 27.9. The van der Waals surface area contributed by atoms with Crippen LogP contribution in [0.15, 0.2) is 42.6 Å². The Balaban J connectivity index is 0.000000352. The Morgan fingerprint density at radius 1 is 1.04 bits per heavy atom. The molecule has 0 aliphatic carbocycles. The van der Waals surface area contributed by atoms with Crippen molar-refractivity contribution in [2.24, 2.45) is 0 Å². The van der Waals surface area contributed by atoms with Crippen molar-refractivity contribution < 1.29 is 28.6 Å². The normalized spacial score (nSPS) is 9.96. The monoisotopic (exact) mass is 378 g/mol. The van der Waals surface area contributed by atoms with Crippen molar-refractivity contribution in [1.82, 2.24) is 9.97 Å². The second-order valence-electron chi connectivity index (χ2n) is 4.88. The number of thiazole rings is 1. The first-order valence-corrected chi connectivity index (χ1v) is 7.91. The van der Waals surface area contributed by atoms with Gasteiger partial charge in [0.15, 0.2) is 11.6 Å². The molecule has 2 aromatic heterocycles. The molecule has 134 valence electrons. The quantitative estimate of drug-likeness (QED) is 0.661. The molecule has 0 spiro atoms. The average molecular weight is 378 g/mol. The van der Waals surface area contributed by atoms with Crippen LogP contribution >= 0.6 is 11.3 Å². The van der Waals surface area contributed by atoms with Crippen molar-refractivity contribution in [3.63, 3.8) is 0 Å². The van der Waals surface area contributed by atoms with Gasteiger partial charge in [0.2, 0.25) is 0 Å². The van der Waals surface area contributed by atoms with Crippen LogP contribution in [-0.2, 0) is 9.59 Å². The summed E-state index contributed by atoms with van der Waals surface area (Å²) >= 11 is 1.48. The summed E-state index contributed by atoms with van der Waals surface area (Å²) in [6.07, 6.45) is 1.70. The number of benzene rings is 1. The van der Waals surface area contributed by atoms with E-state index >= 15 is 0 Å². The number of carboxylic acids is 2. The topological polar surface area (TPSA) is 100 Å². The fourth-order valence-corrected chi connectivity index (χ4v) is 2.82. The molecule has 1 aromatic carbocycles. The van der Waals surface area contributed by atoms with Crippen LogP contribution in [0.25, 0.3) is 22.0 Å². The minimum Gasteiger partial charge on any atom is -0.473 e. The molecule has 0 atom stereocenters. The molecule has 0 saturated carbocycles. The Labute approximate surface area is 150 Å². The summed E-state index contributed by atoms with van der Waals surface area (Å²) in [7, 11) is 0. The smallest absolute Gasteiger partial charge is 0.414 e. The van der Waals surface area contributed by atoms with Gasteiger partial charge in [-0.3, -0.25) is 4.98 Å². The van der Waals surface area contributed by atoms with Gasteiger partial charge in [0.25, 0.3) is 0 Å². The number of carboxylic acid groups (broad SMARTS) is 2. The zero-order valence-corrected chi connectivity index (χ0v) is 14.1. The Morgan fingerprint density at radius 3 is 2.27 bits per heavy atom. The summed E-state index contributed by atoms with van der Waals surface area (Å²) in [5.74, 6) is -5.37. The number of aromatic nitrogens is 2. The number of halogens is 2. The van der Waals surface area contributed by atoms with Crippen molar-refractivity contribution in [1.29, 1.82) is 0 Å². The van der Waals surface area contributed by atoms with Crippen LogP contribution in [0.2, 0.25) is 0 Å². The van der Waals surface area contributed by atoms with Crippen LogP contribution in [0.4, 0.5) is 8.78 Å². The Bertz CT molecular complexity index is 933. The van der Waals surface area contributed by atoms with E-state index in [1.54, 1.807) is 6.20 Å². The van der Waals surface area contributed by atoms with Gasteiger partial charge >= 0.3 is 11.9 Å². The fraction of sp³-hybridized carbons (Fsp3) is 0.0588. The molecule has 26 heavy (non-hydrogen) atoms. The van der Waals surface area contributed by atoms with Gasteiger partial charge in [-0.05, 0) is 37.3 Å². The van der Waals surface area contributed by atoms with Crippen LogP contribution in [0.5, 0.6) is 0 Å². The first-order valence-electron chi connectivity index (χ1n) is 7.10. The van der Waals surface area contributed by atoms with Crippen molar-refractivity contribution in [2.45, 2.75) is 6.92 Å². The first kappa shape index (κ1) is 19.1. The second-order valence-corrected chi connectivity index (χ2v) is 6.08. The van der Waals surface area contributed by atoms with Gasteiger partial charge in [0, 0.05) is 16.6 Å². The zero-order valence-electron chi connectivity index (χ0n) is 13.3. The van der Waals surface area contributed by atoms with E-state index in [4.69, 9.17) is 19.8 Å². The number of aryl methyl sites for hydroxylation is 1. The minimum absolute atomic E-state index is 0.569. The Hall–Kier alpha value is -3.20. The summed E-state index contributed by atoms with van der Waals surface area (Å²) in [5.41, 5.74) is 2.00. The molecule has 3 aromatic rings. The van der Waals surface area contributed by atoms with Crippen molar-refractivity contribution in [2.75, 3.05) is 0 Å². The first-order chi connectivity index (χ1) is 12.3. The lowest BCUT2D eigenvalue weighted by molar-refractivity contribution is -0.159. The zero-order chi connectivity index (χ0) is 19.3. The van der Waals surface area contributed by atoms with Crippen molar-refractivity contribution in [3.05, 3.63) is 59.1 Å². The molecule has 0 saturated heterocycles. The molecule has 0 aliphatic heterocycles. The van der Waals surface area contributed by atoms with Crippen LogP contribution in [0.3, 0.4) is 0 Å². The molecule has 0 aliphatic rings. The van der Waals surface area contributed by atoms with E-state index in [1.807, 2.05) is 25.1 Å². The van der Waals surface area contributed by atoms with E-state index in [9.17, 15) is 8.78 Å². The lowest BCUT2D eigenvalue weighted by Gasteiger charge is -1.99. The molecule has 0 radical (unpaired) electrons. The maximum absolute atomic E-state index is 13.3. The van der Waals surface area contributed by atoms with E-state index in [-0.39, 0.29) is 0 Å². The summed E-state index contributed by atoms with van der Waals surface area (Å²) in [6, 6.07) is 9.40. The summed E-state index contributed by atoms with van der Waals surface area (Å²) in [5, 5.41) is 15.5. The van der Waals surface area contributed by atoms with Crippen molar-refractivity contribution >= 4 is 23.3 Å². The standard InChI is InChI=1S/C15H10F2N2S.C2H2O4/c1-9-14(10-5-6-11(16)12(17)8-10)19-15(20-9)13-4-2-3-7-18-13;3-1(4)2(5)6/h2-8H,1H3;(H,3,4)(H,5,6). The van der Waals surface area contributed by atoms with Gasteiger partial charge < -0.3 is 10.2 Å². The highest BCUT2D eigenvalue weighted by atomic mass is 32.1. The highest BCUT2D eigenvalue weighted by Crippen LogP contribution is 2.32. The van der Waals surface area contributed by atoms with Crippen LogP contribution < -0.4 is 0 Å². The van der Waals surface area contributed by atoms with Gasteiger partial charge in [0.05, 0.1) is 11.4 Å². The number of aliphatic carboxylic acids is 2. The van der Waals surface area contributed by atoms with Gasteiger partial charge in [-0.25, -0.2) is 23.4 Å². The predicted octanol–water partition coefficient (Wildman–Crippen LogP) is 3.61. The Kier molecular flexibility index (Phi) is 6.07. The summed E-state index contributed by atoms with van der Waals surface area (Å²) in [6.45, 7) is 1.90. The molecule has 2 N–H and O–H groups in total. The van der Waals surface area contributed by atoms with Crippen molar-refractivity contribution in [3.8, 4) is 22.0 Å². The fourth-order valence-electron chi connectivity index (χ4n) is 1.91. The highest BCUT2D eigenvalue weighted by Gasteiger charge is 2.13. The molecule has 2 heterocycles. The van der Waals surface area contributed by atoms with E-state index in [2.05, 4.69) is 9.97 Å². The third-order valence-electron chi connectivity index (χ3n) is 3.06. The molecule has 0 bridgehead atoms. The Morgan fingerprint density at radius 2 is 1.73 bits per heavy atom. The number of carbonyl (C=O) groups is 2. The van der Waals surface area contributed by atoms with Gasteiger partial charge in [-0.15, -0.1) is 11.3 Å². The van der Waals surface area contributed by atoms with Crippen LogP contribution in [0, 0.1) is 18.6 Å². The number of hydrogen-bond donors (Lipinski definition) is 2. The maximum atomic E-state index is 13.3. The molecular formula is C17H12F2N2O4S. The molecular weight excluding hydrogens is 366 g/mol.